The van der Waals surface area contributed by atoms with E-state index in [0.717, 1.165) is 5.57 Å². The van der Waals surface area contributed by atoms with Crippen LogP contribution in [0.5, 0.6) is 0 Å². The van der Waals surface area contributed by atoms with Crippen molar-refractivity contribution in [3.8, 4) is 0 Å². The van der Waals surface area contributed by atoms with E-state index >= 15 is 0 Å². The van der Waals surface area contributed by atoms with Gasteiger partial charge in [0.25, 0.3) is 0 Å². The molecule has 0 radical (unpaired) electrons. The Hall–Kier alpha value is -2.04. The molecule has 0 aromatic rings. The number of nitrogens with one attached hydrogen (secondary N) is 1. The van der Waals surface area contributed by atoms with E-state index in [-0.39, 0.29) is 0 Å². The Morgan fingerprint density at radius 1 is 1.50 bits per heavy atom. The van der Waals surface area contributed by atoms with E-state index in [0.29, 0.717) is 18.5 Å². The molecule has 98 valence electrons. The lowest BCUT2D eigenvalue weighted by atomic mass is 9.98. The summed E-state index contributed by atoms with van der Waals surface area (Å²) >= 11 is 0. The molecule has 0 saturated heterocycles. The van der Waals surface area contributed by atoms with Gasteiger partial charge in [0, 0.05) is 11.8 Å². The molecule has 0 bridgehead atoms. The fraction of sp³-hybridized carbons (Fsp3) is 0.385. The van der Waals surface area contributed by atoms with Crippen LogP contribution in [-0.2, 0) is 14.3 Å². The summed E-state index contributed by atoms with van der Waals surface area (Å²) in [6, 6.07) is -0.921. The minimum Gasteiger partial charge on any atom is -0.548 e. The third-order valence-corrected chi connectivity index (χ3v) is 2.55. The van der Waals surface area contributed by atoms with Crippen LogP contribution in [0.4, 0.5) is 0 Å². The number of ether oxygens (including phenoxy) is 1. The molecule has 1 aliphatic carbocycles. The third-order valence-electron chi connectivity index (χ3n) is 2.55. The highest BCUT2D eigenvalue weighted by Gasteiger charge is 2.15. The first-order valence-corrected chi connectivity index (χ1v) is 5.62. The molecular formula is C13H16NO4-. The maximum Gasteiger partial charge on any atom is 0.332 e. The van der Waals surface area contributed by atoms with Gasteiger partial charge in [0.15, 0.2) is 0 Å². The number of carboxylic acid groups (broad SMARTS) is 1. The zero-order chi connectivity index (χ0) is 13.5. The van der Waals surface area contributed by atoms with E-state index in [9.17, 15) is 14.7 Å². The van der Waals surface area contributed by atoms with Gasteiger partial charge >= 0.3 is 5.97 Å². The van der Waals surface area contributed by atoms with Crippen molar-refractivity contribution >= 4 is 11.9 Å². The Balaban J connectivity index is 2.75. The second-order valence-electron chi connectivity index (χ2n) is 3.94. The summed E-state index contributed by atoms with van der Waals surface area (Å²) in [5.74, 6) is -1.75. The molecule has 0 heterocycles. The van der Waals surface area contributed by atoms with Gasteiger partial charge in [-0.3, -0.25) is 0 Å². The van der Waals surface area contributed by atoms with Crippen LogP contribution >= 0.6 is 0 Å². The Kier molecular flexibility index (Phi) is 5.17. The zero-order valence-corrected chi connectivity index (χ0v) is 10.4. The van der Waals surface area contributed by atoms with Gasteiger partial charge in [0.2, 0.25) is 0 Å². The molecule has 0 amide bonds. The van der Waals surface area contributed by atoms with Crippen molar-refractivity contribution < 1.29 is 19.4 Å². The maximum absolute atomic E-state index is 11.1. The molecule has 0 saturated carbocycles. The number of allylic oxidation sites excluding steroid dienone is 4. The minimum absolute atomic E-state index is 0.423. The molecule has 1 aliphatic rings. The van der Waals surface area contributed by atoms with Gasteiger partial charge in [0.1, 0.15) is 0 Å². The molecule has 0 aromatic heterocycles. The highest BCUT2D eigenvalue weighted by atomic mass is 16.5. The first-order valence-electron chi connectivity index (χ1n) is 5.62. The molecule has 5 nitrogen and oxygen atoms in total. The zero-order valence-electron chi connectivity index (χ0n) is 10.4. The standard InChI is InChI=1S/C13H17NO4/c1-9(8-11(15)18-2)14-12(13(16)17)10-6-4-3-5-7-10/h3-4,7-8,12,14H,5-6H2,1-2H3,(H,16,17)/p-1/t12-/m1/s1. The number of methoxy groups -OCH3 is 1. The van der Waals surface area contributed by atoms with Crippen molar-refractivity contribution in [3.05, 3.63) is 35.6 Å². The minimum atomic E-state index is -1.21. The number of rotatable bonds is 5. The van der Waals surface area contributed by atoms with Crippen LogP contribution in [0, 0.1) is 0 Å². The number of carbonyl (C=O) groups is 2. The van der Waals surface area contributed by atoms with E-state index in [1.54, 1.807) is 6.92 Å². The quantitative estimate of drug-likeness (QED) is 0.423. The van der Waals surface area contributed by atoms with Crippen LogP contribution < -0.4 is 10.4 Å². The van der Waals surface area contributed by atoms with E-state index in [1.807, 2.05) is 18.2 Å². The van der Waals surface area contributed by atoms with Gasteiger partial charge in [-0.05, 0) is 25.3 Å². The van der Waals surface area contributed by atoms with Gasteiger partial charge in [0.05, 0.1) is 19.1 Å². The largest absolute Gasteiger partial charge is 0.548 e. The number of carbonyl (C=O) groups excluding carboxylic acids is 2. The fourth-order valence-electron chi connectivity index (χ4n) is 1.66. The van der Waals surface area contributed by atoms with Gasteiger partial charge in [-0.25, -0.2) is 4.79 Å². The fourth-order valence-corrected chi connectivity index (χ4v) is 1.66. The van der Waals surface area contributed by atoms with Crippen molar-refractivity contribution in [1.29, 1.82) is 0 Å². The molecule has 0 spiro atoms. The number of aliphatic carboxylic acids is 1. The predicted molar refractivity (Wildman–Crippen MR) is 64.2 cm³/mol. The van der Waals surface area contributed by atoms with Crippen molar-refractivity contribution in [3.63, 3.8) is 0 Å². The lowest BCUT2D eigenvalue weighted by molar-refractivity contribution is -0.307. The third kappa shape index (κ3) is 4.08. The molecule has 1 atom stereocenters. The summed E-state index contributed by atoms with van der Waals surface area (Å²) in [6.45, 7) is 1.60. The summed E-state index contributed by atoms with van der Waals surface area (Å²) in [7, 11) is 1.26. The average molecular weight is 250 g/mol. The molecule has 18 heavy (non-hydrogen) atoms. The van der Waals surface area contributed by atoms with Crippen LogP contribution in [0.1, 0.15) is 19.8 Å². The highest BCUT2D eigenvalue weighted by molar-refractivity contribution is 5.83. The van der Waals surface area contributed by atoms with Crippen LogP contribution in [0.15, 0.2) is 35.6 Å². The smallest absolute Gasteiger partial charge is 0.332 e. The Morgan fingerprint density at radius 2 is 2.22 bits per heavy atom. The molecule has 0 fully saturated rings. The summed E-state index contributed by atoms with van der Waals surface area (Å²) < 4.78 is 4.46. The average Bonchev–Trinajstić information content (AvgIpc) is 2.36. The van der Waals surface area contributed by atoms with Crippen LogP contribution in [0.2, 0.25) is 0 Å². The Bertz CT molecular complexity index is 421. The number of hydrogen-bond acceptors (Lipinski definition) is 5. The highest BCUT2D eigenvalue weighted by Crippen LogP contribution is 2.15. The van der Waals surface area contributed by atoms with Gasteiger partial charge < -0.3 is 20.0 Å². The first kappa shape index (κ1) is 14.0. The number of hydrogen-bond donors (Lipinski definition) is 1. The van der Waals surface area contributed by atoms with Crippen LogP contribution in [0.25, 0.3) is 0 Å². The number of esters is 1. The van der Waals surface area contributed by atoms with E-state index in [2.05, 4.69) is 10.1 Å². The SMILES string of the molecule is COC(=O)C=C(C)N[C@@H](C(=O)[O-])C1=CCC=CC1. The maximum atomic E-state index is 11.1. The summed E-state index contributed by atoms with van der Waals surface area (Å²) in [6.07, 6.45) is 8.20. The summed E-state index contributed by atoms with van der Waals surface area (Å²) in [4.78, 5) is 22.1. The second kappa shape index (κ2) is 6.64. The van der Waals surface area contributed by atoms with Crippen LogP contribution in [0.3, 0.4) is 0 Å². The molecular weight excluding hydrogens is 234 g/mol. The van der Waals surface area contributed by atoms with Gasteiger partial charge in [-0.15, -0.1) is 0 Å². The molecule has 0 aromatic carbocycles. The van der Waals surface area contributed by atoms with Gasteiger partial charge in [-0.1, -0.05) is 18.2 Å². The predicted octanol–water partition coefficient (Wildman–Crippen LogP) is 0.0477. The Labute approximate surface area is 106 Å². The molecule has 0 aliphatic heterocycles. The molecule has 0 unspecified atom stereocenters. The summed E-state index contributed by atoms with van der Waals surface area (Å²) in [5, 5.41) is 13.9. The van der Waals surface area contributed by atoms with Crippen molar-refractivity contribution in [2.24, 2.45) is 0 Å². The number of carboxylic acids is 1. The summed E-state index contributed by atoms with van der Waals surface area (Å²) in [5.41, 5.74) is 1.15. The normalized spacial score (nSPS) is 16.8. The Morgan fingerprint density at radius 3 is 2.72 bits per heavy atom. The van der Waals surface area contributed by atoms with Crippen molar-refractivity contribution in [2.75, 3.05) is 7.11 Å². The topological polar surface area (TPSA) is 78.5 Å². The second-order valence-corrected chi connectivity index (χ2v) is 3.94. The van der Waals surface area contributed by atoms with Crippen LogP contribution in [-0.4, -0.2) is 25.1 Å². The molecule has 5 heteroatoms. The van der Waals surface area contributed by atoms with Crippen molar-refractivity contribution in [2.45, 2.75) is 25.8 Å². The van der Waals surface area contributed by atoms with E-state index in [4.69, 9.17) is 0 Å². The lowest BCUT2D eigenvalue weighted by Crippen LogP contribution is -2.46. The lowest BCUT2D eigenvalue weighted by Gasteiger charge is -2.24. The molecule has 1 N–H and O–H groups in total. The first-order chi connectivity index (χ1) is 8.54. The van der Waals surface area contributed by atoms with Crippen molar-refractivity contribution in [1.82, 2.24) is 5.32 Å². The van der Waals surface area contributed by atoms with E-state index < -0.39 is 18.0 Å². The van der Waals surface area contributed by atoms with Gasteiger partial charge in [-0.2, -0.15) is 0 Å². The van der Waals surface area contributed by atoms with E-state index in [1.165, 1.54) is 13.2 Å². The monoisotopic (exact) mass is 250 g/mol. The molecule has 1 rings (SSSR count).